The van der Waals surface area contributed by atoms with Gasteiger partial charge in [-0.1, -0.05) is 17.7 Å². The Morgan fingerprint density at radius 3 is 2.60 bits per heavy atom. The lowest BCUT2D eigenvalue weighted by molar-refractivity contribution is -0.130. The fourth-order valence-corrected chi connectivity index (χ4v) is 3.95. The van der Waals surface area contributed by atoms with E-state index in [-0.39, 0.29) is 22.4 Å². The molecule has 2 heterocycles. The number of nitrogens with zero attached hydrogens (tertiary/aromatic N) is 2. The van der Waals surface area contributed by atoms with E-state index in [9.17, 15) is 14.0 Å². The van der Waals surface area contributed by atoms with Gasteiger partial charge in [-0.15, -0.1) is 0 Å². The summed E-state index contributed by atoms with van der Waals surface area (Å²) < 4.78 is 14.1. The first-order chi connectivity index (χ1) is 12.1. The van der Waals surface area contributed by atoms with Gasteiger partial charge in [-0.25, -0.2) is 4.39 Å². The molecule has 0 aromatic heterocycles. The van der Waals surface area contributed by atoms with Crippen LogP contribution in [0.15, 0.2) is 18.2 Å². The van der Waals surface area contributed by atoms with Gasteiger partial charge in [-0.3, -0.25) is 9.59 Å². The van der Waals surface area contributed by atoms with Gasteiger partial charge in [0.05, 0.1) is 10.6 Å². The molecule has 2 saturated heterocycles. The lowest BCUT2D eigenvalue weighted by Crippen LogP contribution is -2.40. The summed E-state index contributed by atoms with van der Waals surface area (Å²) in [7, 11) is 0. The number of hydrogen-bond donors (Lipinski definition) is 0. The number of halogens is 2. The minimum absolute atomic E-state index is 0.0290. The predicted molar refractivity (Wildman–Crippen MR) is 95.1 cm³/mol. The Kier molecular flexibility index (Phi) is 5.94. The molecular weight excluding hydrogens is 343 g/mol. The van der Waals surface area contributed by atoms with Crippen LogP contribution in [0.1, 0.15) is 48.9 Å². The summed E-state index contributed by atoms with van der Waals surface area (Å²) in [5, 5.41) is -0.0318. The second-order valence-corrected chi connectivity index (χ2v) is 7.39. The van der Waals surface area contributed by atoms with Crippen LogP contribution in [-0.2, 0) is 4.79 Å². The van der Waals surface area contributed by atoms with Crippen molar-refractivity contribution in [1.82, 2.24) is 9.80 Å². The number of benzene rings is 1. The van der Waals surface area contributed by atoms with E-state index in [0.717, 1.165) is 45.2 Å². The molecule has 1 aromatic rings. The molecule has 0 N–H and O–H groups in total. The number of rotatable bonds is 4. The summed E-state index contributed by atoms with van der Waals surface area (Å²) >= 11 is 5.78. The van der Waals surface area contributed by atoms with Crippen LogP contribution in [-0.4, -0.2) is 47.8 Å². The van der Waals surface area contributed by atoms with Crippen molar-refractivity contribution in [2.45, 2.75) is 38.5 Å². The largest absolute Gasteiger partial charge is 0.343 e. The topological polar surface area (TPSA) is 40.6 Å². The van der Waals surface area contributed by atoms with Crippen LogP contribution in [0.5, 0.6) is 0 Å². The maximum absolute atomic E-state index is 14.1. The van der Waals surface area contributed by atoms with Gasteiger partial charge in [0.15, 0.2) is 5.82 Å². The summed E-state index contributed by atoms with van der Waals surface area (Å²) in [4.78, 5) is 28.4. The molecule has 2 fully saturated rings. The van der Waals surface area contributed by atoms with Crippen LogP contribution < -0.4 is 0 Å². The van der Waals surface area contributed by atoms with Gasteiger partial charge < -0.3 is 9.80 Å². The first-order valence-electron chi connectivity index (χ1n) is 9.07. The molecule has 6 heteroatoms. The highest BCUT2D eigenvalue weighted by Crippen LogP contribution is 2.25. The summed E-state index contributed by atoms with van der Waals surface area (Å²) in [6.45, 7) is 2.96. The van der Waals surface area contributed by atoms with Crippen molar-refractivity contribution in [3.05, 3.63) is 34.6 Å². The fraction of sp³-hybridized carbons (Fsp3) is 0.579. The first kappa shape index (κ1) is 18.2. The Bertz CT molecular complexity index is 646. The summed E-state index contributed by atoms with van der Waals surface area (Å²) in [5.41, 5.74) is 0.0290. The normalized spacial score (nSPS) is 20.8. The smallest absolute Gasteiger partial charge is 0.256 e. The first-order valence-corrected chi connectivity index (χ1v) is 9.45. The SMILES string of the molecule is O=C(CCC1CCCN(C(=O)c2cccc(Cl)c2F)C1)N1CCCC1. The zero-order valence-corrected chi connectivity index (χ0v) is 15.1. The number of piperidine rings is 1. The van der Waals surface area contributed by atoms with Gasteiger partial charge >= 0.3 is 0 Å². The van der Waals surface area contributed by atoms with E-state index in [2.05, 4.69) is 0 Å². The van der Waals surface area contributed by atoms with E-state index in [1.165, 1.54) is 12.1 Å². The molecule has 0 radical (unpaired) electrons. The van der Waals surface area contributed by atoms with E-state index in [0.29, 0.717) is 25.4 Å². The van der Waals surface area contributed by atoms with Gasteiger partial charge in [0.25, 0.3) is 5.91 Å². The monoisotopic (exact) mass is 366 g/mol. The highest BCUT2D eigenvalue weighted by molar-refractivity contribution is 6.31. The lowest BCUT2D eigenvalue weighted by Gasteiger charge is -2.33. The van der Waals surface area contributed by atoms with Gasteiger partial charge in [0.1, 0.15) is 0 Å². The molecule has 0 bridgehead atoms. The molecule has 136 valence electrons. The lowest BCUT2D eigenvalue weighted by atomic mass is 9.92. The highest BCUT2D eigenvalue weighted by Gasteiger charge is 2.27. The van der Waals surface area contributed by atoms with Crippen LogP contribution in [0.25, 0.3) is 0 Å². The average Bonchev–Trinajstić information content (AvgIpc) is 3.16. The molecule has 0 saturated carbocycles. The standard InChI is InChI=1S/C19H24ClFN2O2/c20-16-7-3-6-15(18(16)21)19(25)23-12-4-5-14(13-23)8-9-17(24)22-10-1-2-11-22/h3,6-7,14H,1-2,4-5,8-13H2. The molecular formula is C19H24ClFN2O2. The van der Waals surface area contributed by atoms with Crippen LogP contribution in [0, 0.1) is 11.7 Å². The van der Waals surface area contributed by atoms with Crippen LogP contribution in [0.2, 0.25) is 5.02 Å². The molecule has 2 amide bonds. The number of hydrogen-bond acceptors (Lipinski definition) is 2. The van der Waals surface area contributed by atoms with Gasteiger partial charge in [-0.05, 0) is 50.2 Å². The highest BCUT2D eigenvalue weighted by atomic mass is 35.5. The van der Waals surface area contributed by atoms with E-state index in [4.69, 9.17) is 11.6 Å². The molecule has 2 aliphatic heterocycles. The molecule has 1 aromatic carbocycles. The van der Waals surface area contributed by atoms with Crippen molar-refractivity contribution < 1.29 is 14.0 Å². The molecule has 3 rings (SSSR count). The van der Waals surface area contributed by atoms with Gasteiger partial charge in [0.2, 0.25) is 5.91 Å². The average molecular weight is 367 g/mol. The van der Waals surface area contributed by atoms with Crippen molar-refractivity contribution in [3.63, 3.8) is 0 Å². The zero-order chi connectivity index (χ0) is 17.8. The van der Waals surface area contributed by atoms with Crippen molar-refractivity contribution in [2.75, 3.05) is 26.2 Å². The zero-order valence-electron chi connectivity index (χ0n) is 14.3. The maximum atomic E-state index is 14.1. The number of carbonyl (C=O) groups is 2. The van der Waals surface area contributed by atoms with Crippen LogP contribution >= 0.6 is 11.6 Å². The molecule has 4 nitrogen and oxygen atoms in total. The van der Waals surface area contributed by atoms with Crippen molar-refractivity contribution in [2.24, 2.45) is 5.92 Å². The Labute approximate surface area is 152 Å². The second kappa shape index (κ2) is 8.17. The summed E-state index contributed by atoms with van der Waals surface area (Å²) in [6, 6.07) is 4.51. The van der Waals surface area contributed by atoms with Gasteiger partial charge in [0, 0.05) is 32.6 Å². The minimum atomic E-state index is -0.652. The van der Waals surface area contributed by atoms with Crippen molar-refractivity contribution >= 4 is 23.4 Å². The van der Waals surface area contributed by atoms with E-state index in [1.807, 2.05) is 4.90 Å². The molecule has 25 heavy (non-hydrogen) atoms. The predicted octanol–water partition coefficient (Wildman–Crippen LogP) is 3.73. The molecule has 1 atom stereocenters. The third kappa shape index (κ3) is 4.32. The molecule has 1 unspecified atom stereocenters. The van der Waals surface area contributed by atoms with Gasteiger partial charge in [-0.2, -0.15) is 0 Å². The van der Waals surface area contributed by atoms with Crippen molar-refractivity contribution in [1.29, 1.82) is 0 Å². The molecule has 2 aliphatic rings. The van der Waals surface area contributed by atoms with E-state index < -0.39 is 5.82 Å². The number of likely N-dealkylation sites (tertiary alicyclic amines) is 2. The second-order valence-electron chi connectivity index (χ2n) is 6.99. The Morgan fingerprint density at radius 1 is 1.12 bits per heavy atom. The van der Waals surface area contributed by atoms with E-state index >= 15 is 0 Å². The quantitative estimate of drug-likeness (QED) is 0.814. The fourth-order valence-electron chi connectivity index (χ4n) is 3.78. The number of amides is 2. The van der Waals surface area contributed by atoms with Crippen LogP contribution in [0.3, 0.4) is 0 Å². The maximum Gasteiger partial charge on any atom is 0.256 e. The molecule has 0 spiro atoms. The van der Waals surface area contributed by atoms with Crippen LogP contribution in [0.4, 0.5) is 4.39 Å². The van der Waals surface area contributed by atoms with Crippen molar-refractivity contribution in [3.8, 4) is 0 Å². The summed E-state index contributed by atoms with van der Waals surface area (Å²) in [5.74, 6) is -0.440. The third-order valence-corrected chi connectivity index (χ3v) is 5.51. The Hall–Kier alpha value is -1.62. The Morgan fingerprint density at radius 2 is 1.84 bits per heavy atom. The molecule has 0 aliphatic carbocycles. The Balaban J connectivity index is 1.56. The third-order valence-electron chi connectivity index (χ3n) is 5.21. The summed E-state index contributed by atoms with van der Waals surface area (Å²) in [6.07, 6.45) is 5.42. The van der Waals surface area contributed by atoms with E-state index in [1.54, 1.807) is 11.0 Å². The number of carbonyl (C=O) groups excluding carboxylic acids is 2. The minimum Gasteiger partial charge on any atom is -0.343 e.